The van der Waals surface area contributed by atoms with Gasteiger partial charge in [-0.25, -0.2) is 4.98 Å². The van der Waals surface area contributed by atoms with Crippen LogP contribution in [0.25, 0.3) is 0 Å². The van der Waals surface area contributed by atoms with Crippen molar-refractivity contribution in [2.45, 2.75) is 20.4 Å². The van der Waals surface area contributed by atoms with Crippen LogP contribution in [0.15, 0.2) is 21.8 Å². The molecule has 0 saturated heterocycles. The van der Waals surface area contributed by atoms with Gasteiger partial charge in [-0.1, -0.05) is 13.8 Å². The van der Waals surface area contributed by atoms with Gasteiger partial charge in [-0.15, -0.1) is 0 Å². The topological polar surface area (TPSA) is 34.9 Å². The number of aromatic nitrogens is 2. The highest BCUT2D eigenvalue weighted by molar-refractivity contribution is 9.10. The van der Waals surface area contributed by atoms with Gasteiger partial charge in [-0.05, 0) is 33.5 Å². The monoisotopic (exact) mass is 290 g/mol. The summed E-state index contributed by atoms with van der Waals surface area (Å²) in [6.07, 6.45) is 3.09. The first-order chi connectivity index (χ1) is 7.06. The van der Waals surface area contributed by atoms with Gasteiger partial charge >= 0.3 is 0 Å². The molecule has 0 aliphatic carbocycles. The Balaban J connectivity index is 2.89. The molecule has 0 fully saturated rings. The lowest BCUT2D eigenvalue weighted by Gasteiger charge is -2.19. The van der Waals surface area contributed by atoms with Crippen molar-refractivity contribution in [1.82, 2.24) is 9.55 Å². The van der Waals surface area contributed by atoms with E-state index in [1.807, 2.05) is 0 Å². The first-order valence-electron chi connectivity index (χ1n) is 4.87. The Bertz CT molecular complexity index is 378. The Kier molecular flexibility index (Phi) is 4.86. The zero-order valence-electron chi connectivity index (χ0n) is 8.85. The van der Waals surface area contributed by atoms with E-state index < -0.39 is 0 Å². The van der Waals surface area contributed by atoms with E-state index in [1.165, 1.54) is 6.20 Å². The van der Waals surface area contributed by atoms with E-state index in [0.29, 0.717) is 22.9 Å². The highest BCUT2D eigenvalue weighted by Crippen LogP contribution is 2.14. The molecule has 0 N–H and O–H groups in total. The molecule has 0 aromatic carbocycles. The van der Waals surface area contributed by atoms with Crippen LogP contribution in [0.2, 0.25) is 0 Å². The molecule has 1 rings (SSSR count). The Labute approximate surface area is 103 Å². The fourth-order valence-electron chi connectivity index (χ4n) is 1.29. The fraction of sp³-hybridized carbons (Fsp3) is 0.600. The van der Waals surface area contributed by atoms with Crippen molar-refractivity contribution in [3.8, 4) is 0 Å². The molecular weight excluding hydrogens is 276 g/mol. The molecule has 0 spiro atoms. The van der Waals surface area contributed by atoms with Crippen LogP contribution in [0.1, 0.15) is 13.8 Å². The second-order valence-electron chi connectivity index (χ2n) is 3.89. The summed E-state index contributed by atoms with van der Waals surface area (Å²) in [7, 11) is 0. The summed E-state index contributed by atoms with van der Waals surface area (Å²) in [4.78, 5) is 15.7. The van der Waals surface area contributed by atoms with E-state index in [-0.39, 0.29) is 5.56 Å². The average Bonchev–Trinajstić information content (AvgIpc) is 2.19. The van der Waals surface area contributed by atoms with E-state index in [2.05, 4.69) is 47.4 Å². The van der Waals surface area contributed by atoms with Gasteiger partial charge in [-0.2, -0.15) is 12.6 Å². The normalized spacial score (nSPS) is 13.1. The van der Waals surface area contributed by atoms with Crippen LogP contribution in [-0.2, 0) is 6.54 Å². The number of nitrogens with zero attached hydrogens (tertiary/aromatic N) is 2. The molecule has 3 nitrogen and oxygen atoms in total. The number of rotatable bonds is 4. The number of thiol groups is 1. The minimum Gasteiger partial charge on any atom is -0.298 e. The molecule has 1 heterocycles. The van der Waals surface area contributed by atoms with Crippen molar-refractivity contribution in [2.75, 3.05) is 5.75 Å². The highest BCUT2D eigenvalue weighted by Gasteiger charge is 2.13. The molecule has 0 amide bonds. The molecule has 0 radical (unpaired) electrons. The molecule has 1 unspecified atom stereocenters. The van der Waals surface area contributed by atoms with Crippen molar-refractivity contribution in [3.05, 3.63) is 27.4 Å². The summed E-state index contributed by atoms with van der Waals surface area (Å²) in [6, 6.07) is 0. The summed E-state index contributed by atoms with van der Waals surface area (Å²) >= 11 is 7.48. The largest absolute Gasteiger partial charge is 0.298 e. The smallest absolute Gasteiger partial charge is 0.267 e. The van der Waals surface area contributed by atoms with Crippen molar-refractivity contribution in [1.29, 1.82) is 0 Å². The van der Waals surface area contributed by atoms with Gasteiger partial charge in [0.1, 0.15) is 4.47 Å². The first-order valence-corrected chi connectivity index (χ1v) is 6.29. The lowest BCUT2D eigenvalue weighted by atomic mass is 9.98. The van der Waals surface area contributed by atoms with Crippen molar-refractivity contribution in [2.24, 2.45) is 11.8 Å². The maximum Gasteiger partial charge on any atom is 0.267 e. The third-order valence-electron chi connectivity index (χ3n) is 2.47. The summed E-state index contributed by atoms with van der Waals surface area (Å²) in [6.45, 7) is 4.95. The van der Waals surface area contributed by atoms with Crippen LogP contribution in [0, 0.1) is 11.8 Å². The molecule has 0 bridgehead atoms. The van der Waals surface area contributed by atoms with Crippen LogP contribution < -0.4 is 5.56 Å². The number of halogens is 1. The molecular formula is C10H15BrN2OS. The molecule has 15 heavy (non-hydrogen) atoms. The molecule has 0 aliphatic rings. The van der Waals surface area contributed by atoms with Gasteiger partial charge in [0, 0.05) is 12.7 Å². The van der Waals surface area contributed by atoms with Gasteiger partial charge in [-0.3, -0.25) is 9.36 Å². The SMILES string of the molecule is CC(C)C(CS)Cn1cncc(Br)c1=O. The zero-order chi connectivity index (χ0) is 11.4. The molecule has 1 atom stereocenters. The Hall–Kier alpha value is -0.290. The van der Waals surface area contributed by atoms with Crippen LogP contribution in [0.5, 0.6) is 0 Å². The average molecular weight is 291 g/mol. The van der Waals surface area contributed by atoms with Gasteiger partial charge in [0.25, 0.3) is 5.56 Å². The molecule has 1 aromatic heterocycles. The predicted molar refractivity (Wildman–Crippen MR) is 68.4 cm³/mol. The van der Waals surface area contributed by atoms with Crippen molar-refractivity contribution >= 4 is 28.6 Å². The molecule has 0 saturated carbocycles. The second kappa shape index (κ2) is 5.70. The van der Waals surface area contributed by atoms with Crippen LogP contribution in [0.3, 0.4) is 0 Å². The Morgan fingerprint density at radius 1 is 1.60 bits per heavy atom. The molecule has 0 aliphatic heterocycles. The van der Waals surface area contributed by atoms with Crippen LogP contribution in [0.4, 0.5) is 0 Å². The minimum absolute atomic E-state index is 0.0302. The lowest BCUT2D eigenvalue weighted by Crippen LogP contribution is -2.27. The maximum absolute atomic E-state index is 11.7. The van der Waals surface area contributed by atoms with Gasteiger partial charge < -0.3 is 0 Å². The number of hydrogen-bond donors (Lipinski definition) is 1. The molecule has 1 aromatic rings. The van der Waals surface area contributed by atoms with Crippen molar-refractivity contribution < 1.29 is 0 Å². The van der Waals surface area contributed by atoms with Crippen molar-refractivity contribution in [3.63, 3.8) is 0 Å². The lowest BCUT2D eigenvalue weighted by molar-refractivity contribution is 0.365. The highest BCUT2D eigenvalue weighted by atomic mass is 79.9. The predicted octanol–water partition coefficient (Wildman–Crippen LogP) is 2.21. The summed E-state index contributed by atoms with van der Waals surface area (Å²) < 4.78 is 2.14. The van der Waals surface area contributed by atoms with Crippen LogP contribution >= 0.6 is 28.6 Å². The first kappa shape index (κ1) is 12.8. The van der Waals surface area contributed by atoms with Gasteiger partial charge in [0.15, 0.2) is 0 Å². The molecule has 5 heteroatoms. The third-order valence-corrected chi connectivity index (χ3v) is 3.48. The standard InChI is InChI=1S/C10H15BrN2OS/c1-7(2)8(5-15)4-13-6-12-3-9(11)10(13)14/h3,6-8,15H,4-5H2,1-2H3. The summed E-state index contributed by atoms with van der Waals surface area (Å²) in [5.41, 5.74) is -0.0302. The van der Waals surface area contributed by atoms with E-state index >= 15 is 0 Å². The third kappa shape index (κ3) is 3.34. The summed E-state index contributed by atoms with van der Waals surface area (Å²) in [5, 5.41) is 0. The zero-order valence-corrected chi connectivity index (χ0v) is 11.3. The van der Waals surface area contributed by atoms with Crippen LogP contribution in [-0.4, -0.2) is 15.3 Å². The quantitative estimate of drug-likeness (QED) is 0.863. The Morgan fingerprint density at radius 3 is 2.80 bits per heavy atom. The minimum atomic E-state index is -0.0302. The summed E-state index contributed by atoms with van der Waals surface area (Å²) in [5.74, 6) is 1.67. The molecule has 84 valence electrons. The van der Waals surface area contributed by atoms with E-state index in [9.17, 15) is 4.79 Å². The van der Waals surface area contributed by atoms with E-state index in [0.717, 1.165) is 5.75 Å². The fourth-order valence-corrected chi connectivity index (χ4v) is 2.17. The number of hydrogen-bond acceptors (Lipinski definition) is 3. The van der Waals surface area contributed by atoms with Gasteiger partial charge in [0.05, 0.1) is 6.33 Å². The maximum atomic E-state index is 11.7. The van der Waals surface area contributed by atoms with E-state index in [4.69, 9.17) is 0 Å². The van der Waals surface area contributed by atoms with Gasteiger partial charge in [0.2, 0.25) is 0 Å². The van der Waals surface area contributed by atoms with E-state index in [1.54, 1.807) is 10.9 Å². The second-order valence-corrected chi connectivity index (χ2v) is 5.11. The Morgan fingerprint density at radius 2 is 2.27 bits per heavy atom.